The first-order valence-electron chi connectivity index (χ1n) is 4.59. The first kappa shape index (κ1) is 14.3. The second-order valence-corrected chi connectivity index (χ2v) is 5.80. The summed E-state index contributed by atoms with van der Waals surface area (Å²) in [5.74, 6) is -0.372. The molecule has 0 aliphatic carbocycles. The second kappa shape index (κ2) is 7.58. The van der Waals surface area contributed by atoms with Gasteiger partial charge in [0, 0.05) is 27.4 Å². The Morgan fingerprint density at radius 1 is 1.20 bits per heavy atom. The van der Waals surface area contributed by atoms with Crippen molar-refractivity contribution in [3.8, 4) is 0 Å². The Labute approximate surface area is 91.3 Å². The monoisotopic (exact) mass is 234 g/mol. The number of ether oxygens (including phenoxy) is 1. The molecular formula is C9H18O5Si. The van der Waals surface area contributed by atoms with Gasteiger partial charge in [0.25, 0.3) is 0 Å². The highest BCUT2D eigenvalue weighted by Crippen LogP contribution is 2.12. The molecule has 6 heteroatoms. The lowest BCUT2D eigenvalue weighted by Gasteiger charge is -2.23. The molecule has 0 unspecified atom stereocenters. The zero-order chi connectivity index (χ0) is 11.7. The molecule has 0 spiro atoms. The fraction of sp³-hybridized carbons (Fsp3) is 0.667. The molecule has 0 heterocycles. The highest BCUT2D eigenvalue weighted by atomic mass is 28.4. The maximum absolute atomic E-state index is 11.0. The van der Waals surface area contributed by atoms with Gasteiger partial charge in [0.2, 0.25) is 0 Å². The van der Waals surface area contributed by atoms with E-state index in [2.05, 4.69) is 0 Å². The van der Waals surface area contributed by atoms with E-state index in [1.807, 2.05) is 0 Å². The van der Waals surface area contributed by atoms with Gasteiger partial charge in [0.1, 0.15) is 0 Å². The van der Waals surface area contributed by atoms with E-state index in [0.717, 1.165) is 0 Å². The third kappa shape index (κ3) is 5.08. The van der Waals surface area contributed by atoms with Gasteiger partial charge in [-0.05, 0) is 6.92 Å². The molecule has 0 radical (unpaired) electrons. The predicted octanol–water partition coefficient (Wildman–Crippen LogP) is 0.984. The number of hydrogen-bond donors (Lipinski definition) is 0. The zero-order valence-electron chi connectivity index (χ0n) is 9.61. The molecule has 0 aromatic carbocycles. The molecule has 0 fully saturated rings. The number of hydrogen-bond acceptors (Lipinski definition) is 5. The molecular weight excluding hydrogens is 216 g/mol. The number of allylic oxidation sites excluding steroid dienone is 1. The van der Waals surface area contributed by atoms with Crippen molar-refractivity contribution < 1.29 is 22.8 Å². The zero-order valence-corrected chi connectivity index (χ0v) is 10.6. The van der Waals surface area contributed by atoms with Gasteiger partial charge in [-0.2, -0.15) is 0 Å². The minimum atomic E-state index is -2.61. The van der Waals surface area contributed by atoms with Crippen LogP contribution in [0, 0.1) is 0 Å². The van der Waals surface area contributed by atoms with Gasteiger partial charge in [0.05, 0.1) is 12.7 Å². The van der Waals surface area contributed by atoms with Crippen molar-refractivity contribution in [1.82, 2.24) is 0 Å². The van der Waals surface area contributed by atoms with Crippen LogP contribution in [-0.2, 0) is 22.8 Å². The van der Waals surface area contributed by atoms with E-state index >= 15 is 0 Å². The van der Waals surface area contributed by atoms with E-state index in [9.17, 15) is 4.79 Å². The summed E-state index contributed by atoms with van der Waals surface area (Å²) in [5.41, 5.74) is 0. The second-order valence-electron chi connectivity index (χ2n) is 2.71. The molecule has 0 rings (SSSR count). The Morgan fingerprint density at radius 2 is 1.73 bits per heavy atom. The topological polar surface area (TPSA) is 54.0 Å². The smallest absolute Gasteiger partial charge is 0.463 e. The number of carbonyl (C=O) groups is 1. The van der Waals surface area contributed by atoms with E-state index in [1.165, 1.54) is 27.4 Å². The van der Waals surface area contributed by atoms with Crippen molar-refractivity contribution in [3.05, 3.63) is 12.2 Å². The van der Waals surface area contributed by atoms with Crippen LogP contribution < -0.4 is 0 Å². The van der Waals surface area contributed by atoms with Crippen LogP contribution in [-0.4, -0.2) is 42.7 Å². The van der Waals surface area contributed by atoms with Gasteiger partial charge in [-0.3, -0.25) is 0 Å². The van der Waals surface area contributed by atoms with Crippen LogP contribution in [0.3, 0.4) is 0 Å². The van der Waals surface area contributed by atoms with Crippen molar-refractivity contribution in [3.63, 3.8) is 0 Å². The lowest BCUT2D eigenvalue weighted by Crippen LogP contribution is -2.43. The van der Waals surface area contributed by atoms with Crippen LogP contribution in [0.1, 0.15) is 6.92 Å². The molecule has 88 valence electrons. The quantitative estimate of drug-likeness (QED) is 0.373. The van der Waals surface area contributed by atoms with E-state index in [-0.39, 0.29) is 12.6 Å². The third-order valence-corrected chi connectivity index (χ3v) is 4.57. The van der Waals surface area contributed by atoms with Crippen LogP contribution >= 0.6 is 0 Å². The summed E-state index contributed by atoms with van der Waals surface area (Å²) in [5, 5.41) is 0. The minimum Gasteiger partial charge on any atom is -0.463 e. The lowest BCUT2D eigenvalue weighted by atomic mass is 10.5. The highest BCUT2D eigenvalue weighted by molar-refractivity contribution is 6.60. The SMILES string of the molecule is CC=CC(=O)OCC[Si](OC)(OC)OC. The Bertz CT molecular complexity index is 204. The molecule has 5 nitrogen and oxygen atoms in total. The van der Waals surface area contributed by atoms with E-state index in [1.54, 1.807) is 13.0 Å². The molecule has 0 aromatic rings. The van der Waals surface area contributed by atoms with Crippen LogP contribution in [0.2, 0.25) is 6.04 Å². The maximum Gasteiger partial charge on any atom is 0.503 e. The largest absolute Gasteiger partial charge is 0.503 e. The van der Waals surface area contributed by atoms with Crippen LogP contribution in [0.4, 0.5) is 0 Å². The first-order chi connectivity index (χ1) is 7.14. The van der Waals surface area contributed by atoms with Gasteiger partial charge < -0.3 is 18.0 Å². The standard InChI is InChI=1S/C9H18O5Si/c1-5-6-9(10)14-7-8-15(11-2,12-3)13-4/h5-6H,7-8H2,1-4H3. The molecule has 0 aliphatic rings. The molecule has 15 heavy (non-hydrogen) atoms. The number of esters is 1. The van der Waals surface area contributed by atoms with Gasteiger partial charge in [-0.1, -0.05) is 6.08 Å². The van der Waals surface area contributed by atoms with Crippen LogP contribution in [0.25, 0.3) is 0 Å². The summed E-state index contributed by atoms with van der Waals surface area (Å²) in [7, 11) is 1.95. The van der Waals surface area contributed by atoms with Gasteiger partial charge in [-0.15, -0.1) is 0 Å². The third-order valence-electron chi connectivity index (χ3n) is 1.89. The van der Waals surface area contributed by atoms with Crippen molar-refractivity contribution in [1.29, 1.82) is 0 Å². The summed E-state index contributed by atoms with van der Waals surface area (Å²) in [6.45, 7) is 1.98. The van der Waals surface area contributed by atoms with E-state index in [4.69, 9.17) is 18.0 Å². The summed E-state index contributed by atoms with van der Waals surface area (Å²) in [6, 6.07) is 0.444. The van der Waals surface area contributed by atoms with Gasteiger partial charge in [-0.25, -0.2) is 4.79 Å². The summed E-state index contributed by atoms with van der Waals surface area (Å²) >= 11 is 0. The van der Waals surface area contributed by atoms with E-state index < -0.39 is 8.80 Å². The molecule has 0 atom stereocenters. The summed E-state index contributed by atoms with van der Waals surface area (Å²) in [6.07, 6.45) is 2.98. The normalized spacial score (nSPS) is 12.0. The average molecular weight is 234 g/mol. The van der Waals surface area contributed by atoms with Crippen molar-refractivity contribution in [2.75, 3.05) is 27.9 Å². The van der Waals surface area contributed by atoms with Crippen LogP contribution in [0.15, 0.2) is 12.2 Å². The first-order valence-corrected chi connectivity index (χ1v) is 6.52. The minimum absolute atomic E-state index is 0.227. The average Bonchev–Trinajstić information content (AvgIpc) is 2.25. The van der Waals surface area contributed by atoms with Crippen molar-refractivity contribution in [2.45, 2.75) is 13.0 Å². The van der Waals surface area contributed by atoms with Gasteiger partial charge >= 0.3 is 14.8 Å². The molecule has 0 saturated carbocycles. The van der Waals surface area contributed by atoms with E-state index in [0.29, 0.717) is 6.04 Å². The predicted molar refractivity (Wildman–Crippen MR) is 57.4 cm³/mol. The van der Waals surface area contributed by atoms with Crippen molar-refractivity contribution in [2.24, 2.45) is 0 Å². The molecule has 0 N–H and O–H groups in total. The Morgan fingerprint density at radius 3 is 2.13 bits per heavy atom. The Hall–Kier alpha value is -0.693. The van der Waals surface area contributed by atoms with Gasteiger partial charge in [0.15, 0.2) is 0 Å². The molecule has 0 amide bonds. The molecule has 0 saturated heterocycles. The fourth-order valence-corrected chi connectivity index (χ4v) is 2.48. The number of carbonyl (C=O) groups excluding carboxylic acids is 1. The summed E-state index contributed by atoms with van der Waals surface area (Å²) in [4.78, 5) is 11.0. The lowest BCUT2D eigenvalue weighted by molar-refractivity contribution is -0.137. The Balaban J connectivity index is 3.96. The fourth-order valence-electron chi connectivity index (χ4n) is 1.02. The molecule has 0 aromatic heterocycles. The highest BCUT2D eigenvalue weighted by Gasteiger charge is 2.37. The molecule has 0 aliphatic heterocycles. The van der Waals surface area contributed by atoms with Crippen LogP contribution in [0.5, 0.6) is 0 Å². The Kier molecular flexibility index (Phi) is 7.23. The summed E-state index contributed by atoms with van der Waals surface area (Å²) < 4.78 is 20.4. The maximum atomic E-state index is 11.0. The molecule has 0 bridgehead atoms. The van der Waals surface area contributed by atoms with Crippen molar-refractivity contribution >= 4 is 14.8 Å². The number of rotatable bonds is 7.